The van der Waals surface area contributed by atoms with Crippen LogP contribution >= 0.6 is 0 Å². The van der Waals surface area contributed by atoms with Gasteiger partial charge in [-0.3, -0.25) is 4.79 Å². The van der Waals surface area contributed by atoms with Crippen molar-refractivity contribution in [2.75, 3.05) is 26.4 Å². The Morgan fingerprint density at radius 1 is 0.493 bits per heavy atom. The average Bonchev–Trinajstić information content (AvgIpc) is 3.37. The van der Waals surface area contributed by atoms with E-state index in [-0.39, 0.29) is 18.9 Å². The molecule has 1 amide bonds. The lowest BCUT2D eigenvalue weighted by molar-refractivity contribution is -0.379. The molecule has 0 aromatic rings. The molecule has 0 bridgehead atoms. The second-order valence-corrected chi connectivity index (χ2v) is 19.7. The van der Waals surface area contributed by atoms with E-state index in [1.807, 2.05) is 6.08 Å². The van der Waals surface area contributed by atoms with Gasteiger partial charge in [0.1, 0.15) is 73.2 Å². The Morgan fingerprint density at radius 2 is 0.901 bits per heavy atom. The number of carbonyl (C=O) groups excluding carboxylic acids is 1. The summed E-state index contributed by atoms with van der Waals surface area (Å²) in [5, 5.41) is 119. The van der Waals surface area contributed by atoms with Crippen molar-refractivity contribution < 1.29 is 89.4 Å². The second kappa shape index (κ2) is 37.1. The maximum absolute atomic E-state index is 13.0. The fourth-order valence-corrected chi connectivity index (χ4v) is 9.20. The molecule has 416 valence electrons. The van der Waals surface area contributed by atoms with Crippen LogP contribution in [0.5, 0.6) is 0 Å². The van der Waals surface area contributed by atoms with Crippen LogP contribution in [0.2, 0.25) is 0 Å². The third-order valence-corrected chi connectivity index (χ3v) is 13.8. The normalized spacial score (nSPS) is 32.4. The summed E-state index contributed by atoms with van der Waals surface area (Å²) in [5.41, 5.74) is 0. The van der Waals surface area contributed by atoms with Crippen LogP contribution in [0, 0.1) is 0 Å². The third-order valence-electron chi connectivity index (χ3n) is 13.8. The number of hydrogen-bond acceptors (Lipinski definition) is 18. The van der Waals surface area contributed by atoms with Gasteiger partial charge in [0.25, 0.3) is 0 Å². The average molecular weight is 1020 g/mol. The Balaban J connectivity index is 1.46. The van der Waals surface area contributed by atoms with Gasteiger partial charge in [-0.25, -0.2) is 0 Å². The molecule has 3 heterocycles. The zero-order chi connectivity index (χ0) is 52.0. The Labute approximate surface area is 422 Å². The molecular weight excluding hydrogens is 927 g/mol. The molecule has 19 heteroatoms. The van der Waals surface area contributed by atoms with E-state index in [2.05, 4.69) is 31.3 Å². The molecule has 0 aliphatic carbocycles. The largest absolute Gasteiger partial charge is 0.394 e. The molecule has 3 saturated heterocycles. The monoisotopic (exact) mass is 1020 g/mol. The van der Waals surface area contributed by atoms with Crippen LogP contribution in [0.4, 0.5) is 0 Å². The maximum atomic E-state index is 13.0. The highest BCUT2D eigenvalue weighted by Gasteiger charge is 2.53. The van der Waals surface area contributed by atoms with Crippen LogP contribution in [0.1, 0.15) is 168 Å². The number of amides is 1. The van der Waals surface area contributed by atoms with Crippen LogP contribution < -0.4 is 5.32 Å². The molecule has 71 heavy (non-hydrogen) atoms. The van der Waals surface area contributed by atoms with Crippen molar-refractivity contribution in [2.45, 2.75) is 272 Å². The van der Waals surface area contributed by atoms with E-state index < -0.39 is 124 Å². The van der Waals surface area contributed by atoms with E-state index in [4.69, 9.17) is 28.4 Å². The number of rotatable bonds is 38. The smallest absolute Gasteiger partial charge is 0.220 e. The first-order valence-corrected chi connectivity index (χ1v) is 27.1. The van der Waals surface area contributed by atoms with E-state index in [9.17, 15) is 61.0 Å². The first kappa shape index (κ1) is 63.6. The van der Waals surface area contributed by atoms with Gasteiger partial charge in [0.05, 0.1) is 38.6 Å². The van der Waals surface area contributed by atoms with E-state index in [1.54, 1.807) is 6.08 Å². The summed E-state index contributed by atoms with van der Waals surface area (Å²) >= 11 is 0. The van der Waals surface area contributed by atoms with Gasteiger partial charge in [-0.15, -0.1) is 0 Å². The summed E-state index contributed by atoms with van der Waals surface area (Å²) in [4.78, 5) is 13.0. The van der Waals surface area contributed by atoms with Gasteiger partial charge in [-0.2, -0.15) is 0 Å². The SMILES string of the molecule is CCCCCCCCCCCCCCCCCC/C=C/CC/C=C/C(O)C(COC1OC(CO)C(OC2OC(CO)C(OC3OC(CO)C(O)C(O)C3O)C(O)C2O)C(O)C1O)NC(=O)CCCCCC. The molecule has 17 unspecified atom stereocenters. The number of allylic oxidation sites excluding steroid dienone is 3. The molecule has 0 aromatic heterocycles. The van der Waals surface area contributed by atoms with Gasteiger partial charge in [-0.1, -0.05) is 154 Å². The highest BCUT2D eigenvalue weighted by atomic mass is 16.8. The quantitative estimate of drug-likeness (QED) is 0.0313. The fourth-order valence-electron chi connectivity index (χ4n) is 9.20. The Morgan fingerprint density at radius 3 is 1.41 bits per heavy atom. The molecule has 0 saturated carbocycles. The lowest BCUT2D eigenvalue weighted by Gasteiger charge is -2.48. The molecule has 0 spiro atoms. The Kier molecular flexibility index (Phi) is 33.2. The van der Waals surface area contributed by atoms with E-state index in [0.29, 0.717) is 12.8 Å². The minimum absolute atomic E-state index is 0.228. The molecule has 3 fully saturated rings. The predicted octanol–water partition coefficient (Wildman–Crippen LogP) is 2.81. The van der Waals surface area contributed by atoms with Gasteiger partial charge < -0.3 is 89.9 Å². The molecule has 0 radical (unpaired) electrons. The fraction of sp³-hybridized carbons (Fsp3) is 0.904. The highest BCUT2D eigenvalue weighted by molar-refractivity contribution is 5.76. The zero-order valence-electron chi connectivity index (χ0n) is 42.7. The molecular formula is C52H95NO18. The Bertz CT molecular complexity index is 1410. The van der Waals surface area contributed by atoms with Crippen molar-refractivity contribution in [2.24, 2.45) is 0 Å². The lowest BCUT2D eigenvalue weighted by atomic mass is 9.96. The van der Waals surface area contributed by atoms with Crippen LogP contribution in [0.15, 0.2) is 24.3 Å². The van der Waals surface area contributed by atoms with Crippen LogP contribution in [0.25, 0.3) is 0 Å². The summed E-state index contributed by atoms with van der Waals surface area (Å²) in [5.74, 6) is -0.304. The standard InChI is InChI=1S/C52H95NO18/c1-3-5-7-9-10-11-12-13-14-15-16-17-18-19-20-21-22-23-24-25-26-27-29-36(57)35(53-40(58)30-28-8-6-4-2)34-66-50-46(64)43(61)48(38(32-55)68-50)71-52-47(65)44(62)49(39(33-56)69-52)70-51-45(63)42(60)41(59)37(31-54)67-51/h23-24,27,29,35-39,41-52,54-57,59-65H,3-22,25-26,28,30-34H2,1-2H3,(H,53,58)/b24-23+,29-27+. The minimum Gasteiger partial charge on any atom is -0.394 e. The van der Waals surface area contributed by atoms with Gasteiger partial charge in [-0.05, 0) is 32.1 Å². The molecule has 0 aromatic carbocycles. The number of hydrogen-bond donors (Lipinski definition) is 12. The summed E-state index contributed by atoms with van der Waals surface area (Å²) in [6, 6.07) is -0.981. The number of aliphatic hydroxyl groups excluding tert-OH is 11. The first-order valence-electron chi connectivity index (χ1n) is 27.1. The van der Waals surface area contributed by atoms with Crippen molar-refractivity contribution in [3.05, 3.63) is 24.3 Å². The first-order chi connectivity index (χ1) is 34.3. The maximum Gasteiger partial charge on any atom is 0.220 e. The Hall–Kier alpha value is -1.73. The van der Waals surface area contributed by atoms with Crippen LogP contribution in [-0.4, -0.2) is 193 Å². The number of unbranched alkanes of at least 4 members (excludes halogenated alkanes) is 20. The van der Waals surface area contributed by atoms with E-state index >= 15 is 0 Å². The molecule has 17 atom stereocenters. The summed E-state index contributed by atoms with van der Waals surface area (Å²) < 4.78 is 34.0. The predicted molar refractivity (Wildman–Crippen MR) is 263 cm³/mol. The number of carbonyl (C=O) groups is 1. The highest BCUT2D eigenvalue weighted by Crippen LogP contribution is 2.33. The van der Waals surface area contributed by atoms with Gasteiger partial charge in [0.2, 0.25) is 5.91 Å². The number of aliphatic hydroxyl groups is 11. The zero-order valence-corrected chi connectivity index (χ0v) is 42.7. The van der Waals surface area contributed by atoms with Gasteiger partial charge in [0.15, 0.2) is 18.9 Å². The van der Waals surface area contributed by atoms with Crippen molar-refractivity contribution in [1.29, 1.82) is 0 Å². The summed E-state index contributed by atoms with van der Waals surface area (Å²) in [6.45, 7) is 1.54. The van der Waals surface area contributed by atoms with Crippen molar-refractivity contribution >= 4 is 5.91 Å². The number of nitrogens with one attached hydrogen (secondary N) is 1. The molecule has 3 aliphatic rings. The van der Waals surface area contributed by atoms with Crippen LogP contribution in [-0.2, 0) is 33.2 Å². The molecule has 19 nitrogen and oxygen atoms in total. The number of ether oxygens (including phenoxy) is 6. The van der Waals surface area contributed by atoms with Crippen molar-refractivity contribution in [3.8, 4) is 0 Å². The second-order valence-electron chi connectivity index (χ2n) is 19.7. The van der Waals surface area contributed by atoms with E-state index in [1.165, 1.54) is 96.3 Å². The molecule has 12 N–H and O–H groups in total. The minimum atomic E-state index is -1.98. The van der Waals surface area contributed by atoms with Gasteiger partial charge in [0, 0.05) is 6.42 Å². The topological polar surface area (TPSA) is 307 Å². The lowest BCUT2D eigenvalue weighted by Crippen LogP contribution is -2.66. The van der Waals surface area contributed by atoms with Crippen molar-refractivity contribution in [3.63, 3.8) is 0 Å². The third kappa shape index (κ3) is 22.6. The van der Waals surface area contributed by atoms with Gasteiger partial charge >= 0.3 is 0 Å². The van der Waals surface area contributed by atoms with Crippen LogP contribution in [0.3, 0.4) is 0 Å². The summed E-state index contributed by atoms with van der Waals surface area (Å²) in [7, 11) is 0. The summed E-state index contributed by atoms with van der Waals surface area (Å²) in [6.07, 6.45) is 8.48. The molecule has 3 rings (SSSR count). The van der Waals surface area contributed by atoms with Crippen molar-refractivity contribution in [1.82, 2.24) is 5.32 Å². The molecule has 3 aliphatic heterocycles. The van der Waals surface area contributed by atoms with E-state index in [0.717, 1.165) is 38.5 Å².